The van der Waals surface area contributed by atoms with Crippen molar-refractivity contribution in [1.29, 1.82) is 0 Å². The van der Waals surface area contributed by atoms with Crippen LogP contribution in [0.2, 0.25) is 5.02 Å². The summed E-state index contributed by atoms with van der Waals surface area (Å²) in [5.74, 6) is -0.974. The highest BCUT2D eigenvalue weighted by Gasteiger charge is 2.21. The number of carboxylic acid groups (broad SMARTS) is 1. The third-order valence-electron chi connectivity index (χ3n) is 3.61. The van der Waals surface area contributed by atoms with E-state index in [0.29, 0.717) is 12.1 Å². The topological polar surface area (TPSA) is 69.2 Å². The molecule has 0 spiro atoms. The van der Waals surface area contributed by atoms with Crippen molar-refractivity contribution in [3.63, 3.8) is 0 Å². The van der Waals surface area contributed by atoms with Crippen molar-refractivity contribution in [1.82, 2.24) is 15.1 Å². The van der Waals surface area contributed by atoms with Crippen molar-refractivity contribution < 1.29 is 9.90 Å². The minimum absolute atomic E-state index is 0.168. The number of hydrogen-bond acceptors (Lipinski definition) is 3. The van der Waals surface area contributed by atoms with Crippen molar-refractivity contribution in [2.24, 2.45) is 0 Å². The molecule has 0 saturated carbocycles. The second-order valence-corrected chi connectivity index (χ2v) is 5.32. The van der Waals surface area contributed by atoms with Gasteiger partial charge in [-0.05, 0) is 23.6 Å². The van der Waals surface area contributed by atoms with Crippen LogP contribution < -0.4 is 0 Å². The lowest BCUT2D eigenvalue weighted by atomic mass is 9.99. The average molecular weight is 292 g/mol. The van der Waals surface area contributed by atoms with Gasteiger partial charge >= 0.3 is 5.97 Å². The molecule has 0 saturated heterocycles. The van der Waals surface area contributed by atoms with Gasteiger partial charge in [0.2, 0.25) is 0 Å². The largest absolute Gasteiger partial charge is 0.477 e. The van der Waals surface area contributed by atoms with Crippen LogP contribution in [0.3, 0.4) is 0 Å². The van der Waals surface area contributed by atoms with E-state index < -0.39 is 5.97 Å². The minimum atomic E-state index is -0.974. The second kappa shape index (κ2) is 5.26. The molecule has 0 aliphatic carbocycles. The van der Waals surface area contributed by atoms with Gasteiger partial charge in [0.25, 0.3) is 0 Å². The van der Waals surface area contributed by atoms with Crippen LogP contribution >= 0.6 is 11.6 Å². The molecule has 0 bridgehead atoms. The van der Waals surface area contributed by atoms with Crippen LogP contribution in [0, 0.1) is 0 Å². The van der Waals surface area contributed by atoms with Gasteiger partial charge in [0.05, 0.1) is 6.20 Å². The quantitative estimate of drug-likeness (QED) is 0.910. The molecular weight excluding hydrogens is 278 g/mol. The molecule has 1 aromatic heterocycles. The third kappa shape index (κ3) is 2.42. The van der Waals surface area contributed by atoms with E-state index in [1.807, 2.05) is 12.1 Å². The molecule has 0 radical (unpaired) electrons. The number of nitrogens with one attached hydrogen (secondary N) is 1. The maximum Gasteiger partial charge on any atom is 0.354 e. The summed E-state index contributed by atoms with van der Waals surface area (Å²) in [6, 6.07) is 5.93. The van der Waals surface area contributed by atoms with Gasteiger partial charge < -0.3 is 5.11 Å². The molecule has 5 nitrogen and oxygen atoms in total. The summed E-state index contributed by atoms with van der Waals surface area (Å²) >= 11 is 6.19. The molecule has 3 rings (SSSR count). The van der Waals surface area contributed by atoms with Gasteiger partial charge in [-0.15, -0.1) is 0 Å². The van der Waals surface area contributed by atoms with Crippen LogP contribution in [0.25, 0.3) is 0 Å². The first-order valence-electron chi connectivity index (χ1n) is 6.39. The zero-order valence-corrected chi connectivity index (χ0v) is 11.5. The highest BCUT2D eigenvalue weighted by molar-refractivity contribution is 6.31. The van der Waals surface area contributed by atoms with Gasteiger partial charge in [0.1, 0.15) is 5.69 Å². The van der Waals surface area contributed by atoms with Crippen molar-refractivity contribution in [2.45, 2.75) is 19.5 Å². The van der Waals surface area contributed by atoms with E-state index in [4.69, 9.17) is 16.7 Å². The summed E-state index contributed by atoms with van der Waals surface area (Å²) in [6.45, 7) is 2.21. The van der Waals surface area contributed by atoms with E-state index in [1.165, 1.54) is 11.1 Å². The van der Waals surface area contributed by atoms with Crippen LogP contribution in [-0.2, 0) is 19.5 Å². The number of aromatic amines is 1. The molecule has 1 aliphatic heterocycles. The highest BCUT2D eigenvalue weighted by Crippen LogP contribution is 2.26. The first-order valence-corrected chi connectivity index (χ1v) is 6.77. The minimum Gasteiger partial charge on any atom is -0.477 e. The number of hydrogen-bond donors (Lipinski definition) is 2. The molecule has 20 heavy (non-hydrogen) atoms. The van der Waals surface area contributed by atoms with Crippen LogP contribution in [0.4, 0.5) is 0 Å². The standard InChI is InChI=1S/C14H14ClN3O2/c15-12-3-1-2-9-7-18(5-4-11(9)12)8-10-6-16-17-13(10)14(19)20/h1-3,6H,4-5,7-8H2,(H,16,17)(H,19,20). The van der Waals surface area contributed by atoms with Crippen LogP contribution in [-0.4, -0.2) is 32.7 Å². The lowest BCUT2D eigenvalue weighted by molar-refractivity contribution is 0.0688. The molecule has 2 heterocycles. The van der Waals surface area contributed by atoms with E-state index in [2.05, 4.69) is 21.2 Å². The number of H-pyrrole nitrogens is 1. The molecule has 6 heteroatoms. The molecule has 1 aliphatic rings. The number of fused-ring (bicyclic) bond motifs is 1. The van der Waals surface area contributed by atoms with E-state index in [0.717, 1.165) is 24.5 Å². The molecule has 0 atom stereocenters. The predicted molar refractivity (Wildman–Crippen MR) is 74.8 cm³/mol. The number of aromatic nitrogens is 2. The van der Waals surface area contributed by atoms with Gasteiger partial charge in [-0.2, -0.15) is 5.10 Å². The summed E-state index contributed by atoms with van der Waals surface area (Å²) in [7, 11) is 0. The van der Waals surface area contributed by atoms with Gasteiger partial charge in [-0.1, -0.05) is 23.7 Å². The maximum absolute atomic E-state index is 11.1. The number of aromatic carboxylic acids is 1. The molecule has 0 fully saturated rings. The highest BCUT2D eigenvalue weighted by atomic mass is 35.5. The first kappa shape index (κ1) is 13.1. The normalized spacial score (nSPS) is 15.1. The Morgan fingerprint density at radius 3 is 3.15 bits per heavy atom. The Morgan fingerprint density at radius 2 is 2.35 bits per heavy atom. The van der Waals surface area contributed by atoms with Gasteiger partial charge in [-0.3, -0.25) is 10.00 Å². The number of benzene rings is 1. The molecule has 0 amide bonds. The Morgan fingerprint density at radius 1 is 1.50 bits per heavy atom. The Kier molecular flexibility index (Phi) is 3.46. The van der Waals surface area contributed by atoms with Crippen LogP contribution in [0.5, 0.6) is 0 Å². The summed E-state index contributed by atoms with van der Waals surface area (Å²) in [6.07, 6.45) is 2.46. The monoisotopic (exact) mass is 291 g/mol. The summed E-state index contributed by atoms with van der Waals surface area (Å²) < 4.78 is 0. The molecule has 0 unspecified atom stereocenters. The van der Waals surface area contributed by atoms with Crippen LogP contribution in [0.1, 0.15) is 27.2 Å². The predicted octanol–water partition coefficient (Wildman–Crippen LogP) is 2.32. The van der Waals surface area contributed by atoms with Crippen LogP contribution in [0.15, 0.2) is 24.4 Å². The number of carbonyl (C=O) groups is 1. The van der Waals surface area contributed by atoms with Crippen molar-refractivity contribution in [3.8, 4) is 0 Å². The van der Waals surface area contributed by atoms with E-state index in [1.54, 1.807) is 6.20 Å². The van der Waals surface area contributed by atoms with Crippen molar-refractivity contribution in [3.05, 3.63) is 51.8 Å². The Labute approximate surface area is 121 Å². The lowest BCUT2D eigenvalue weighted by Crippen LogP contribution is -2.30. The summed E-state index contributed by atoms with van der Waals surface area (Å²) in [5.41, 5.74) is 3.30. The van der Waals surface area contributed by atoms with E-state index in [-0.39, 0.29) is 5.69 Å². The van der Waals surface area contributed by atoms with E-state index in [9.17, 15) is 4.79 Å². The van der Waals surface area contributed by atoms with Gasteiger partial charge in [-0.25, -0.2) is 4.79 Å². The van der Waals surface area contributed by atoms with Gasteiger partial charge in [0.15, 0.2) is 0 Å². The fourth-order valence-electron chi connectivity index (χ4n) is 2.61. The smallest absolute Gasteiger partial charge is 0.354 e. The first-order chi connectivity index (χ1) is 9.65. The maximum atomic E-state index is 11.1. The summed E-state index contributed by atoms with van der Waals surface area (Å²) in [5, 5.41) is 16.2. The number of halogens is 1. The SMILES string of the molecule is O=C(O)c1[nH]ncc1CN1CCc2c(Cl)cccc2C1. The molecular formula is C14H14ClN3O2. The fraction of sp³-hybridized carbons (Fsp3) is 0.286. The zero-order chi connectivity index (χ0) is 14.1. The van der Waals surface area contributed by atoms with Crippen molar-refractivity contribution in [2.75, 3.05) is 6.54 Å². The zero-order valence-electron chi connectivity index (χ0n) is 10.8. The number of carboxylic acids is 1. The fourth-order valence-corrected chi connectivity index (χ4v) is 2.90. The Hall–Kier alpha value is -1.85. The summed E-state index contributed by atoms with van der Waals surface area (Å²) in [4.78, 5) is 13.3. The number of nitrogens with zero attached hydrogens (tertiary/aromatic N) is 2. The molecule has 2 aromatic rings. The average Bonchev–Trinajstić information content (AvgIpc) is 2.87. The Balaban J connectivity index is 1.78. The van der Waals surface area contributed by atoms with Gasteiger partial charge in [0, 0.05) is 30.2 Å². The second-order valence-electron chi connectivity index (χ2n) is 4.91. The van der Waals surface area contributed by atoms with E-state index >= 15 is 0 Å². The third-order valence-corrected chi connectivity index (χ3v) is 3.97. The molecule has 1 aromatic carbocycles. The lowest BCUT2D eigenvalue weighted by Gasteiger charge is -2.29. The van der Waals surface area contributed by atoms with Crippen molar-refractivity contribution >= 4 is 17.6 Å². The number of rotatable bonds is 3. The molecule has 2 N–H and O–H groups in total. The molecule has 104 valence electrons. The Bertz CT molecular complexity index is 654.